The maximum atomic E-state index is 11.2. The van der Waals surface area contributed by atoms with E-state index in [1.54, 1.807) is 0 Å². The fourth-order valence-electron chi connectivity index (χ4n) is 2.33. The highest BCUT2D eigenvalue weighted by atomic mass is 35.5. The molecule has 112 valence electrons. The van der Waals surface area contributed by atoms with Gasteiger partial charge >= 0.3 is 0 Å². The number of aryl methyl sites for hydroxylation is 1. The molecule has 0 aliphatic heterocycles. The zero-order valence-electron chi connectivity index (χ0n) is 12.3. The molecule has 0 saturated heterocycles. The molecule has 1 aromatic heterocycles. The number of rotatable bonds is 8. The van der Waals surface area contributed by atoms with Crippen molar-refractivity contribution in [1.82, 2.24) is 15.0 Å². The van der Waals surface area contributed by atoms with E-state index in [0.717, 1.165) is 30.5 Å². The number of hydrogen-bond donors (Lipinski definition) is 0. The van der Waals surface area contributed by atoms with Crippen LogP contribution in [0.4, 0.5) is 0 Å². The summed E-state index contributed by atoms with van der Waals surface area (Å²) in [6.45, 7) is 2.98. The van der Waals surface area contributed by atoms with Crippen LogP contribution >= 0.6 is 11.6 Å². The summed E-state index contributed by atoms with van der Waals surface area (Å²) >= 11 is 5.91. The minimum absolute atomic E-state index is 0.380. The van der Waals surface area contributed by atoms with Crippen LogP contribution in [-0.2, 0) is 6.54 Å². The van der Waals surface area contributed by atoms with Crippen LogP contribution < -0.4 is 0 Å². The molecule has 0 aliphatic carbocycles. The summed E-state index contributed by atoms with van der Waals surface area (Å²) in [4.78, 5) is 11.2. The first-order valence-electron chi connectivity index (χ1n) is 7.41. The second kappa shape index (κ2) is 7.93. The van der Waals surface area contributed by atoms with Crippen LogP contribution in [0.25, 0.3) is 11.3 Å². The van der Waals surface area contributed by atoms with Gasteiger partial charge in [-0.05, 0) is 18.6 Å². The molecule has 0 spiro atoms. The number of halogens is 1. The van der Waals surface area contributed by atoms with Gasteiger partial charge < -0.3 is 0 Å². The number of nitrogens with zero attached hydrogens (tertiary/aromatic N) is 3. The minimum atomic E-state index is 0.380. The molecule has 2 aromatic rings. The Morgan fingerprint density at radius 2 is 1.86 bits per heavy atom. The number of carbonyl (C=O) groups is 1. The quantitative estimate of drug-likeness (QED) is 0.537. The molecule has 0 bridgehead atoms. The summed E-state index contributed by atoms with van der Waals surface area (Å²) in [6, 6.07) is 7.40. The zero-order valence-corrected chi connectivity index (χ0v) is 13.0. The van der Waals surface area contributed by atoms with Gasteiger partial charge in [-0.3, -0.25) is 4.79 Å². The molecule has 0 unspecified atom stereocenters. The van der Waals surface area contributed by atoms with Crippen LogP contribution in [0, 0.1) is 0 Å². The van der Waals surface area contributed by atoms with Gasteiger partial charge in [0.15, 0.2) is 12.0 Å². The van der Waals surface area contributed by atoms with E-state index < -0.39 is 0 Å². The van der Waals surface area contributed by atoms with Gasteiger partial charge in [0.25, 0.3) is 0 Å². The third kappa shape index (κ3) is 4.14. The van der Waals surface area contributed by atoms with E-state index in [1.807, 2.05) is 28.9 Å². The van der Waals surface area contributed by atoms with Gasteiger partial charge in [-0.15, -0.1) is 5.10 Å². The lowest BCUT2D eigenvalue weighted by molar-refractivity contribution is 0.111. The van der Waals surface area contributed by atoms with Crippen molar-refractivity contribution in [2.24, 2.45) is 0 Å². The van der Waals surface area contributed by atoms with Crippen LogP contribution in [0.15, 0.2) is 24.3 Å². The number of unbranched alkanes of at least 4 members (excludes halogenated alkanes) is 4. The van der Waals surface area contributed by atoms with Gasteiger partial charge in [0.05, 0.1) is 5.69 Å². The molecule has 4 nitrogen and oxygen atoms in total. The van der Waals surface area contributed by atoms with Gasteiger partial charge in [-0.2, -0.15) is 0 Å². The number of aromatic nitrogens is 3. The molecule has 0 saturated carbocycles. The fraction of sp³-hybridized carbons (Fsp3) is 0.438. The Kier molecular flexibility index (Phi) is 5.93. The van der Waals surface area contributed by atoms with E-state index >= 15 is 0 Å². The molecule has 2 rings (SSSR count). The summed E-state index contributed by atoms with van der Waals surface area (Å²) in [5, 5.41) is 8.74. The minimum Gasteiger partial charge on any atom is -0.296 e. The molecule has 5 heteroatoms. The zero-order chi connectivity index (χ0) is 15.1. The summed E-state index contributed by atoms with van der Waals surface area (Å²) in [7, 11) is 0. The van der Waals surface area contributed by atoms with E-state index in [9.17, 15) is 4.79 Å². The second-order valence-electron chi connectivity index (χ2n) is 5.09. The Bertz CT molecular complexity index is 578. The highest BCUT2D eigenvalue weighted by Gasteiger charge is 2.14. The molecule has 0 atom stereocenters. The molecule has 0 amide bonds. The molecule has 0 fully saturated rings. The van der Waals surface area contributed by atoms with Gasteiger partial charge in [0, 0.05) is 17.1 Å². The third-order valence-corrected chi connectivity index (χ3v) is 3.72. The highest BCUT2D eigenvalue weighted by Crippen LogP contribution is 2.23. The first-order chi connectivity index (χ1) is 10.3. The van der Waals surface area contributed by atoms with Crippen LogP contribution in [0.5, 0.6) is 0 Å². The van der Waals surface area contributed by atoms with Crippen LogP contribution in [0.2, 0.25) is 5.02 Å². The number of carbonyl (C=O) groups excluding carboxylic acids is 1. The lowest BCUT2D eigenvalue weighted by atomic mass is 10.1. The van der Waals surface area contributed by atoms with E-state index in [4.69, 9.17) is 11.6 Å². The maximum Gasteiger partial charge on any atom is 0.172 e. The number of benzene rings is 1. The molecule has 1 aromatic carbocycles. The normalized spacial score (nSPS) is 10.8. The maximum absolute atomic E-state index is 11.2. The number of aldehydes is 1. The number of hydrogen-bond acceptors (Lipinski definition) is 3. The van der Waals surface area contributed by atoms with Crippen LogP contribution in [0.1, 0.15) is 49.5 Å². The molecular formula is C16H20ClN3O. The smallest absolute Gasteiger partial charge is 0.172 e. The lowest BCUT2D eigenvalue weighted by Crippen LogP contribution is -2.03. The van der Waals surface area contributed by atoms with Crippen molar-refractivity contribution in [2.75, 3.05) is 0 Å². The SMILES string of the molecule is CCCCCCCn1nnc(C=O)c1-c1ccc(Cl)cc1. The van der Waals surface area contributed by atoms with Crippen molar-refractivity contribution in [1.29, 1.82) is 0 Å². The Morgan fingerprint density at radius 1 is 1.14 bits per heavy atom. The standard InChI is InChI=1S/C16H20ClN3O/c1-2-3-4-5-6-11-20-16(15(12-21)18-19-20)13-7-9-14(17)10-8-13/h7-10,12H,2-6,11H2,1H3. The Morgan fingerprint density at radius 3 is 2.52 bits per heavy atom. The topological polar surface area (TPSA) is 47.8 Å². The average Bonchev–Trinajstić information content (AvgIpc) is 2.91. The van der Waals surface area contributed by atoms with E-state index in [2.05, 4.69) is 17.2 Å². The Hall–Kier alpha value is -1.68. The molecule has 0 aliphatic rings. The largest absolute Gasteiger partial charge is 0.296 e. The second-order valence-corrected chi connectivity index (χ2v) is 5.52. The molecule has 21 heavy (non-hydrogen) atoms. The monoisotopic (exact) mass is 305 g/mol. The van der Waals surface area contributed by atoms with Gasteiger partial charge in [-0.1, -0.05) is 61.6 Å². The van der Waals surface area contributed by atoms with Crippen molar-refractivity contribution in [2.45, 2.75) is 45.6 Å². The van der Waals surface area contributed by atoms with E-state index in [-0.39, 0.29) is 0 Å². The fourth-order valence-corrected chi connectivity index (χ4v) is 2.46. The van der Waals surface area contributed by atoms with Crippen molar-refractivity contribution in [3.05, 3.63) is 35.0 Å². The van der Waals surface area contributed by atoms with E-state index in [0.29, 0.717) is 10.7 Å². The van der Waals surface area contributed by atoms with Gasteiger partial charge in [-0.25, -0.2) is 4.68 Å². The van der Waals surface area contributed by atoms with Crippen molar-refractivity contribution in [3.63, 3.8) is 0 Å². The first kappa shape index (κ1) is 15.7. The van der Waals surface area contributed by atoms with Crippen molar-refractivity contribution in [3.8, 4) is 11.3 Å². The molecule has 0 radical (unpaired) electrons. The summed E-state index contributed by atoms with van der Waals surface area (Å²) in [5.41, 5.74) is 2.07. The predicted molar refractivity (Wildman–Crippen MR) is 84.6 cm³/mol. The van der Waals surface area contributed by atoms with Gasteiger partial charge in [0.2, 0.25) is 0 Å². The summed E-state index contributed by atoms with van der Waals surface area (Å²) < 4.78 is 1.82. The van der Waals surface area contributed by atoms with Crippen LogP contribution in [-0.4, -0.2) is 21.3 Å². The molecule has 0 N–H and O–H groups in total. The summed E-state index contributed by atoms with van der Waals surface area (Å²) in [6.07, 6.45) is 6.70. The van der Waals surface area contributed by atoms with Crippen molar-refractivity contribution >= 4 is 17.9 Å². The van der Waals surface area contributed by atoms with Crippen LogP contribution in [0.3, 0.4) is 0 Å². The van der Waals surface area contributed by atoms with E-state index in [1.165, 1.54) is 25.7 Å². The lowest BCUT2D eigenvalue weighted by Gasteiger charge is -2.07. The van der Waals surface area contributed by atoms with Gasteiger partial charge in [0.1, 0.15) is 0 Å². The molecular weight excluding hydrogens is 286 g/mol. The van der Waals surface area contributed by atoms with Crippen molar-refractivity contribution < 1.29 is 4.79 Å². The first-order valence-corrected chi connectivity index (χ1v) is 7.78. The highest BCUT2D eigenvalue weighted by molar-refractivity contribution is 6.30. The Balaban J connectivity index is 2.13. The third-order valence-electron chi connectivity index (χ3n) is 3.46. The summed E-state index contributed by atoms with van der Waals surface area (Å²) in [5.74, 6) is 0. The average molecular weight is 306 g/mol. The Labute approximate surface area is 130 Å². The molecule has 1 heterocycles. The predicted octanol–water partition coefficient (Wildman–Crippen LogP) is 4.38.